The monoisotopic (exact) mass is 330 g/mol. The van der Waals surface area contributed by atoms with Crippen molar-refractivity contribution in [3.63, 3.8) is 0 Å². The summed E-state index contributed by atoms with van der Waals surface area (Å²) in [5.74, 6) is 0. The molecule has 0 spiro atoms. The maximum absolute atomic E-state index is 6.01. The van der Waals surface area contributed by atoms with Crippen molar-refractivity contribution in [2.75, 3.05) is 6.54 Å². The van der Waals surface area contributed by atoms with E-state index in [-0.39, 0.29) is 0 Å². The maximum Gasteiger partial charge on any atom is 0.0342 e. The second kappa shape index (κ2) is 7.04. The van der Waals surface area contributed by atoms with Crippen molar-refractivity contribution in [2.24, 2.45) is 5.73 Å². The van der Waals surface area contributed by atoms with Gasteiger partial charge in [-0.1, -0.05) is 6.92 Å². The number of hydrogen-bond donors (Lipinski definition) is 1. The predicted molar refractivity (Wildman–Crippen MR) is 83.0 cm³/mol. The van der Waals surface area contributed by atoms with Crippen LogP contribution in [0.3, 0.4) is 0 Å². The van der Waals surface area contributed by atoms with E-state index in [4.69, 9.17) is 5.73 Å². The Morgan fingerprint density at radius 3 is 2.67 bits per heavy atom. The van der Waals surface area contributed by atoms with Gasteiger partial charge in [-0.25, -0.2) is 0 Å². The summed E-state index contributed by atoms with van der Waals surface area (Å²) in [4.78, 5) is 4.11. The van der Waals surface area contributed by atoms with E-state index in [1.165, 1.54) is 48.0 Å². The third kappa shape index (κ3) is 3.80. The summed E-state index contributed by atoms with van der Waals surface area (Å²) in [5, 5.41) is 2.17. The van der Waals surface area contributed by atoms with Gasteiger partial charge in [-0.05, 0) is 66.0 Å². The second-order valence-corrected chi connectivity index (χ2v) is 7.09. The minimum absolute atomic E-state index is 0.443. The van der Waals surface area contributed by atoms with E-state index in [9.17, 15) is 0 Å². The van der Waals surface area contributed by atoms with Crippen LogP contribution in [0.1, 0.15) is 43.9 Å². The molecule has 1 aromatic rings. The highest BCUT2D eigenvalue weighted by Crippen LogP contribution is 2.28. The predicted octanol–water partition coefficient (Wildman–Crippen LogP) is 3.99. The van der Waals surface area contributed by atoms with Gasteiger partial charge in [0.1, 0.15) is 0 Å². The first-order chi connectivity index (χ1) is 8.70. The molecule has 2 N–H and O–H groups in total. The molecule has 1 aromatic heterocycles. The van der Waals surface area contributed by atoms with Crippen LogP contribution in [-0.2, 0) is 6.54 Å². The third-order valence-electron chi connectivity index (χ3n) is 3.81. The molecule has 0 radical (unpaired) electrons. The Morgan fingerprint density at radius 1 is 1.39 bits per heavy atom. The van der Waals surface area contributed by atoms with E-state index in [2.05, 4.69) is 39.2 Å². The molecule has 2 nitrogen and oxygen atoms in total. The molecule has 0 unspecified atom stereocenters. The summed E-state index contributed by atoms with van der Waals surface area (Å²) < 4.78 is 1.26. The number of nitrogens with two attached hydrogens (primary N) is 1. The van der Waals surface area contributed by atoms with Crippen LogP contribution in [0.15, 0.2) is 15.9 Å². The molecule has 0 saturated heterocycles. The van der Waals surface area contributed by atoms with Crippen LogP contribution in [0.25, 0.3) is 0 Å². The fourth-order valence-electron chi connectivity index (χ4n) is 2.77. The molecule has 1 heterocycles. The number of thiophene rings is 1. The van der Waals surface area contributed by atoms with Gasteiger partial charge in [0, 0.05) is 28.0 Å². The zero-order valence-corrected chi connectivity index (χ0v) is 13.5. The zero-order chi connectivity index (χ0) is 13.0. The van der Waals surface area contributed by atoms with Crippen LogP contribution >= 0.6 is 27.3 Å². The molecule has 1 fully saturated rings. The molecule has 1 aliphatic carbocycles. The molecule has 0 atom stereocenters. The fourth-order valence-corrected chi connectivity index (χ4v) is 4.27. The van der Waals surface area contributed by atoms with Crippen LogP contribution in [-0.4, -0.2) is 23.5 Å². The van der Waals surface area contributed by atoms with Crippen LogP contribution in [0, 0.1) is 0 Å². The molecule has 102 valence electrons. The van der Waals surface area contributed by atoms with E-state index in [1.807, 2.05) is 11.3 Å². The van der Waals surface area contributed by atoms with Gasteiger partial charge in [-0.3, -0.25) is 4.90 Å². The van der Waals surface area contributed by atoms with Crippen molar-refractivity contribution in [3.05, 3.63) is 20.8 Å². The van der Waals surface area contributed by atoms with E-state index in [1.54, 1.807) is 0 Å². The Kier molecular flexibility index (Phi) is 5.67. The lowest BCUT2D eigenvalue weighted by molar-refractivity contribution is 0.143. The van der Waals surface area contributed by atoms with Gasteiger partial charge < -0.3 is 5.73 Å². The first kappa shape index (κ1) is 14.5. The van der Waals surface area contributed by atoms with Crippen molar-refractivity contribution in [2.45, 2.75) is 57.7 Å². The van der Waals surface area contributed by atoms with Gasteiger partial charge in [-0.2, -0.15) is 0 Å². The average Bonchev–Trinajstić information content (AvgIpc) is 2.76. The highest BCUT2D eigenvalue weighted by molar-refractivity contribution is 9.10. The molecule has 4 heteroatoms. The van der Waals surface area contributed by atoms with E-state index >= 15 is 0 Å². The minimum Gasteiger partial charge on any atom is -0.328 e. The Morgan fingerprint density at radius 2 is 2.11 bits per heavy atom. The molecule has 1 saturated carbocycles. The van der Waals surface area contributed by atoms with Gasteiger partial charge >= 0.3 is 0 Å². The summed E-state index contributed by atoms with van der Waals surface area (Å²) in [6, 6.07) is 3.33. The summed E-state index contributed by atoms with van der Waals surface area (Å²) in [6.45, 7) is 4.56. The van der Waals surface area contributed by atoms with Gasteiger partial charge in [0.25, 0.3) is 0 Å². The van der Waals surface area contributed by atoms with Crippen molar-refractivity contribution in [3.8, 4) is 0 Å². The number of rotatable bonds is 5. The molecule has 18 heavy (non-hydrogen) atoms. The van der Waals surface area contributed by atoms with E-state index in [0.717, 1.165) is 12.6 Å². The van der Waals surface area contributed by atoms with Crippen molar-refractivity contribution in [1.29, 1.82) is 0 Å². The highest BCUT2D eigenvalue weighted by atomic mass is 79.9. The quantitative estimate of drug-likeness (QED) is 0.884. The largest absolute Gasteiger partial charge is 0.328 e. The first-order valence-corrected chi connectivity index (χ1v) is 8.59. The van der Waals surface area contributed by atoms with Crippen LogP contribution in [0.2, 0.25) is 0 Å². The summed E-state index contributed by atoms with van der Waals surface area (Å²) in [5.41, 5.74) is 6.01. The Balaban J connectivity index is 1.97. The molecule has 0 aliphatic heterocycles. The van der Waals surface area contributed by atoms with Gasteiger partial charge in [0.2, 0.25) is 0 Å². The number of halogens is 1. The number of hydrogen-bond acceptors (Lipinski definition) is 3. The van der Waals surface area contributed by atoms with Crippen LogP contribution in [0.5, 0.6) is 0 Å². The maximum atomic E-state index is 6.01. The van der Waals surface area contributed by atoms with Crippen molar-refractivity contribution >= 4 is 27.3 Å². The molecule has 0 amide bonds. The van der Waals surface area contributed by atoms with Gasteiger partial charge in [0.15, 0.2) is 0 Å². The average molecular weight is 331 g/mol. The van der Waals surface area contributed by atoms with E-state index in [0.29, 0.717) is 6.04 Å². The first-order valence-electron chi connectivity index (χ1n) is 6.92. The van der Waals surface area contributed by atoms with Crippen molar-refractivity contribution in [1.82, 2.24) is 4.90 Å². The minimum atomic E-state index is 0.443. The Hall–Kier alpha value is 0.1000. The van der Waals surface area contributed by atoms with Gasteiger partial charge in [0.05, 0.1) is 0 Å². The topological polar surface area (TPSA) is 29.3 Å². The lowest BCUT2D eigenvalue weighted by Gasteiger charge is -2.35. The highest BCUT2D eigenvalue weighted by Gasteiger charge is 2.24. The SMILES string of the molecule is CCCN(Cc1sccc1Br)C1CCC(N)CC1. The Labute approximate surface area is 123 Å². The third-order valence-corrected chi connectivity index (χ3v) is 5.72. The molecular formula is C14H23BrN2S. The molecular weight excluding hydrogens is 308 g/mol. The number of nitrogens with zero attached hydrogens (tertiary/aromatic N) is 1. The van der Waals surface area contributed by atoms with Gasteiger partial charge in [-0.15, -0.1) is 11.3 Å². The lowest BCUT2D eigenvalue weighted by atomic mass is 9.90. The molecule has 2 rings (SSSR count). The summed E-state index contributed by atoms with van der Waals surface area (Å²) in [7, 11) is 0. The summed E-state index contributed by atoms with van der Waals surface area (Å²) >= 11 is 5.50. The summed E-state index contributed by atoms with van der Waals surface area (Å²) in [6.07, 6.45) is 6.15. The molecule has 0 bridgehead atoms. The standard InChI is InChI=1S/C14H23BrN2S/c1-2-8-17(10-14-13(15)7-9-18-14)12-5-3-11(16)4-6-12/h7,9,11-12H,2-6,8,10,16H2,1H3. The Bertz CT molecular complexity index is 358. The van der Waals surface area contributed by atoms with E-state index < -0.39 is 0 Å². The second-order valence-electron chi connectivity index (χ2n) is 5.23. The molecule has 1 aliphatic rings. The van der Waals surface area contributed by atoms with Crippen molar-refractivity contribution < 1.29 is 0 Å². The van der Waals surface area contributed by atoms with Crippen LogP contribution < -0.4 is 5.73 Å². The fraction of sp³-hybridized carbons (Fsp3) is 0.714. The normalized spacial score (nSPS) is 24.7. The van der Waals surface area contributed by atoms with Crippen LogP contribution in [0.4, 0.5) is 0 Å². The smallest absolute Gasteiger partial charge is 0.0342 e. The molecule has 0 aromatic carbocycles. The lowest BCUT2D eigenvalue weighted by Crippen LogP contribution is -2.40. The zero-order valence-electron chi connectivity index (χ0n) is 11.1.